The molecule has 1 unspecified atom stereocenters. The van der Waals surface area contributed by atoms with Crippen molar-refractivity contribution >= 4 is 15.7 Å². The lowest BCUT2D eigenvalue weighted by atomic mass is 10.3. The van der Waals surface area contributed by atoms with Gasteiger partial charge in [0, 0.05) is 38.9 Å². The van der Waals surface area contributed by atoms with E-state index in [4.69, 9.17) is 4.74 Å². The first-order valence-corrected chi connectivity index (χ1v) is 8.46. The second kappa shape index (κ2) is 7.17. The molecule has 2 heterocycles. The topological polar surface area (TPSA) is 83.6 Å². The molecule has 1 atom stereocenters. The quantitative estimate of drug-likeness (QED) is 0.776. The normalized spacial score (nSPS) is 18.4. The van der Waals surface area contributed by atoms with Gasteiger partial charge in [0.15, 0.2) is 5.03 Å². The molecule has 0 spiro atoms. The van der Waals surface area contributed by atoms with Gasteiger partial charge in [0.2, 0.25) is 0 Å². The molecule has 2 N–H and O–H groups in total. The van der Waals surface area contributed by atoms with Crippen molar-refractivity contribution in [2.75, 3.05) is 45.2 Å². The maximum absolute atomic E-state index is 12.4. The summed E-state index contributed by atoms with van der Waals surface area (Å²) in [5.41, 5.74) is 0.489. The average molecular weight is 314 g/mol. The fraction of sp³-hybridized carbons (Fsp3) is 0.615. The largest absolute Gasteiger partial charge is 0.386 e. The molecular formula is C13H22N4O3S. The van der Waals surface area contributed by atoms with E-state index in [-0.39, 0.29) is 11.1 Å². The second-order valence-corrected chi connectivity index (χ2v) is 6.67. The summed E-state index contributed by atoms with van der Waals surface area (Å²) in [4.78, 5) is 6.16. The fourth-order valence-corrected chi connectivity index (χ4v) is 3.70. The van der Waals surface area contributed by atoms with E-state index >= 15 is 0 Å². The lowest BCUT2D eigenvalue weighted by Crippen LogP contribution is -2.46. The van der Waals surface area contributed by atoms with Gasteiger partial charge in [-0.1, -0.05) is 0 Å². The van der Waals surface area contributed by atoms with Crippen LogP contribution in [0.3, 0.4) is 0 Å². The van der Waals surface area contributed by atoms with Gasteiger partial charge in [-0.2, -0.15) is 0 Å². The number of hydrogen-bond donors (Lipinski definition) is 2. The summed E-state index contributed by atoms with van der Waals surface area (Å²) in [6, 6.07) is 3.19. The summed E-state index contributed by atoms with van der Waals surface area (Å²) >= 11 is 0. The third kappa shape index (κ3) is 4.37. The first-order chi connectivity index (χ1) is 10.0. The molecule has 0 bridgehead atoms. The molecule has 118 valence electrons. The van der Waals surface area contributed by atoms with E-state index in [1.54, 1.807) is 19.2 Å². The third-order valence-corrected chi connectivity index (χ3v) is 4.83. The van der Waals surface area contributed by atoms with Gasteiger partial charge in [-0.15, -0.1) is 0 Å². The van der Waals surface area contributed by atoms with E-state index in [1.807, 2.05) is 6.92 Å². The molecule has 7 nitrogen and oxygen atoms in total. The lowest BCUT2D eigenvalue weighted by Gasteiger charge is -2.29. The first-order valence-electron chi connectivity index (χ1n) is 6.98. The summed E-state index contributed by atoms with van der Waals surface area (Å²) in [6.07, 6.45) is 1.47. The molecule has 1 fully saturated rings. The molecule has 0 aliphatic carbocycles. The van der Waals surface area contributed by atoms with Crippen LogP contribution >= 0.6 is 0 Å². The van der Waals surface area contributed by atoms with Crippen molar-refractivity contribution in [1.29, 1.82) is 0 Å². The molecule has 2 rings (SSSR count). The van der Waals surface area contributed by atoms with Crippen LogP contribution in [0.5, 0.6) is 0 Å². The van der Waals surface area contributed by atoms with Crippen LogP contribution in [0.15, 0.2) is 23.4 Å². The lowest BCUT2D eigenvalue weighted by molar-refractivity contribution is 0.0354. The molecule has 1 aromatic rings. The van der Waals surface area contributed by atoms with Crippen LogP contribution in [0, 0.1) is 0 Å². The van der Waals surface area contributed by atoms with Crippen LogP contribution in [-0.4, -0.2) is 64.2 Å². The Morgan fingerprint density at radius 2 is 2.14 bits per heavy atom. The molecule has 1 aromatic heterocycles. The number of nitrogens with one attached hydrogen (secondary N) is 2. The zero-order valence-electron chi connectivity index (χ0n) is 12.4. The Kier molecular flexibility index (Phi) is 5.51. The summed E-state index contributed by atoms with van der Waals surface area (Å²) < 4.78 is 32.8. The molecule has 1 aliphatic rings. The Morgan fingerprint density at radius 1 is 1.43 bits per heavy atom. The molecule has 21 heavy (non-hydrogen) atoms. The molecular weight excluding hydrogens is 292 g/mol. The fourth-order valence-electron chi connectivity index (χ4n) is 2.32. The molecule has 0 saturated carbocycles. The van der Waals surface area contributed by atoms with Gasteiger partial charge in [-0.3, -0.25) is 4.90 Å². The van der Waals surface area contributed by atoms with Gasteiger partial charge >= 0.3 is 0 Å². The Labute approximate surface area is 125 Å². The van der Waals surface area contributed by atoms with Crippen molar-refractivity contribution in [3.05, 3.63) is 18.3 Å². The van der Waals surface area contributed by atoms with Crippen LogP contribution in [0.25, 0.3) is 0 Å². The molecule has 1 saturated heterocycles. The highest BCUT2D eigenvalue weighted by Gasteiger charge is 2.23. The van der Waals surface area contributed by atoms with E-state index < -0.39 is 10.0 Å². The monoisotopic (exact) mass is 314 g/mol. The van der Waals surface area contributed by atoms with Gasteiger partial charge in [0.25, 0.3) is 10.0 Å². The van der Waals surface area contributed by atoms with Crippen LogP contribution in [0.2, 0.25) is 0 Å². The van der Waals surface area contributed by atoms with Gasteiger partial charge < -0.3 is 10.1 Å². The van der Waals surface area contributed by atoms with E-state index in [1.165, 1.54) is 6.20 Å². The van der Waals surface area contributed by atoms with Gasteiger partial charge in [-0.25, -0.2) is 18.1 Å². The minimum Gasteiger partial charge on any atom is -0.386 e. The Bertz CT molecular complexity index is 558. The predicted molar refractivity (Wildman–Crippen MR) is 80.8 cm³/mol. The van der Waals surface area contributed by atoms with Gasteiger partial charge in [0.05, 0.1) is 18.9 Å². The number of morpholine rings is 1. The number of aromatic nitrogens is 1. The van der Waals surface area contributed by atoms with E-state index in [2.05, 4.69) is 19.9 Å². The Morgan fingerprint density at radius 3 is 2.81 bits per heavy atom. The van der Waals surface area contributed by atoms with E-state index in [0.717, 1.165) is 13.1 Å². The highest BCUT2D eigenvalue weighted by molar-refractivity contribution is 7.89. The maximum atomic E-state index is 12.4. The molecule has 0 aromatic carbocycles. The zero-order chi connectivity index (χ0) is 15.3. The van der Waals surface area contributed by atoms with Gasteiger partial charge in [-0.05, 0) is 19.1 Å². The van der Waals surface area contributed by atoms with Crippen molar-refractivity contribution in [3.63, 3.8) is 0 Å². The van der Waals surface area contributed by atoms with E-state index in [0.29, 0.717) is 25.4 Å². The zero-order valence-corrected chi connectivity index (χ0v) is 13.2. The van der Waals surface area contributed by atoms with Crippen molar-refractivity contribution in [1.82, 2.24) is 14.6 Å². The summed E-state index contributed by atoms with van der Waals surface area (Å²) in [5.74, 6) is 0. The summed E-state index contributed by atoms with van der Waals surface area (Å²) in [6.45, 7) is 5.57. The SMILES string of the molecule is CNc1cccnc1S(=O)(=O)NC(C)CN1CCOCC1. The number of pyridine rings is 1. The smallest absolute Gasteiger partial charge is 0.260 e. The number of anilines is 1. The van der Waals surface area contributed by atoms with Crippen LogP contribution in [0.4, 0.5) is 5.69 Å². The third-order valence-electron chi connectivity index (χ3n) is 3.29. The van der Waals surface area contributed by atoms with Crippen LogP contribution in [0.1, 0.15) is 6.92 Å². The number of hydrogen-bond acceptors (Lipinski definition) is 6. The minimum absolute atomic E-state index is 0.0290. The number of ether oxygens (including phenoxy) is 1. The van der Waals surface area contributed by atoms with Crippen molar-refractivity contribution in [2.45, 2.75) is 18.0 Å². The number of sulfonamides is 1. The standard InChI is InChI=1S/C13H22N4O3S/c1-11(10-17-6-8-20-9-7-17)16-21(18,19)13-12(14-2)4-3-5-15-13/h3-5,11,14,16H,6-10H2,1-2H3. The van der Waals surface area contributed by atoms with Crippen LogP contribution < -0.4 is 10.0 Å². The number of rotatable bonds is 6. The molecule has 0 amide bonds. The predicted octanol–water partition coefficient (Wildman–Crippen LogP) is 0.122. The molecule has 0 radical (unpaired) electrons. The molecule has 1 aliphatic heterocycles. The Hall–Kier alpha value is -1.22. The first kappa shape index (κ1) is 16.2. The Balaban J connectivity index is 2.02. The second-order valence-electron chi connectivity index (χ2n) is 5.04. The van der Waals surface area contributed by atoms with E-state index in [9.17, 15) is 8.42 Å². The highest BCUT2D eigenvalue weighted by atomic mass is 32.2. The minimum atomic E-state index is -3.63. The summed E-state index contributed by atoms with van der Waals surface area (Å²) in [5, 5.41) is 2.88. The maximum Gasteiger partial charge on any atom is 0.260 e. The van der Waals surface area contributed by atoms with Crippen molar-refractivity contribution in [3.8, 4) is 0 Å². The van der Waals surface area contributed by atoms with Crippen molar-refractivity contribution < 1.29 is 13.2 Å². The van der Waals surface area contributed by atoms with Crippen molar-refractivity contribution in [2.24, 2.45) is 0 Å². The molecule has 8 heteroatoms. The number of nitrogens with zero attached hydrogens (tertiary/aromatic N) is 2. The average Bonchev–Trinajstić information content (AvgIpc) is 2.47. The van der Waals surface area contributed by atoms with Gasteiger partial charge in [0.1, 0.15) is 0 Å². The van der Waals surface area contributed by atoms with Crippen LogP contribution in [-0.2, 0) is 14.8 Å². The summed E-state index contributed by atoms with van der Waals surface area (Å²) in [7, 11) is -1.96. The highest BCUT2D eigenvalue weighted by Crippen LogP contribution is 2.17.